The number of nitro groups is 1. The molecule has 0 radical (unpaired) electrons. The number of hydrogen-bond donors (Lipinski definition) is 3. The standard InChI is InChI=1S/C26H24N4O3/c31-26-24(22-15-21(30(32)33)10-11-23(22)29-26)25(19-4-2-1-3-5-19)28-20-8-6-17(7-9-20)14-18-12-13-27-16-18/h1-11,15,18,27-28H,12-14,16H2,(H,29,31). The van der Waals surface area contributed by atoms with Gasteiger partial charge in [-0.3, -0.25) is 14.9 Å². The summed E-state index contributed by atoms with van der Waals surface area (Å²) in [5.41, 5.74) is 4.98. The van der Waals surface area contributed by atoms with Gasteiger partial charge in [0.15, 0.2) is 0 Å². The molecule has 1 unspecified atom stereocenters. The van der Waals surface area contributed by atoms with Crippen molar-refractivity contribution in [3.63, 3.8) is 0 Å². The van der Waals surface area contributed by atoms with E-state index < -0.39 is 4.92 Å². The van der Waals surface area contributed by atoms with Crippen molar-refractivity contribution in [3.05, 3.63) is 99.6 Å². The highest BCUT2D eigenvalue weighted by Crippen LogP contribution is 2.39. The van der Waals surface area contributed by atoms with Crippen LogP contribution in [0.3, 0.4) is 0 Å². The molecule has 1 atom stereocenters. The van der Waals surface area contributed by atoms with E-state index in [9.17, 15) is 14.9 Å². The van der Waals surface area contributed by atoms with Gasteiger partial charge < -0.3 is 16.0 Å². The number of nitrogens with one attached hydrogen (secondary N) is 3. The Morgan fingerprint density at radius 3 is 2.55 bits per heavy atom. The molecular weight excluding hydrogens is 416 g/mol. The van der Waals surface area contributed by atoms with E-state index in [1.165, 1.54) is 24.1 Å². The van der Waals surface area contributed by atoms with Crippen molar-refractivity contribution >= 4 is 34.2 Å². The van der Waals surface area contributed by atoms with E-state index in [0.29, 0.717) is 28.4 Å². The fourth-order valence-electron chi connectivity index (χ4n) is 4.49. The Morgan fingerprint density at radius 2 is 1.85 bits per heavy atom. The molecule has 3 aromatic carbocycles. The number of carbonyl (C=O) groups is 1. The number of hydrogen-bond acceptors (Lipinski definition) is 5. The first-order valence-corrected chi connectivity index (χ1v) is 11.0. The van der Waals surface area contributed by atoms with Crippen molar-refractivity contribution in [3.8, 4) is 0 Å². The Kier molecular flexibility index (Phi) is 5.62. The smallest absolute Gasteiger partial charge is 0.270 e. The summed E-state index contributed by atoms with van der Waals surface area (Å²) in [5, 5.41) is 21.0. The second-order valence-electron chi connectivity index (χ2n) is 8.44. The van der Waals surface area contributed by atoms with Crippen LogP contribution in [-0.2, 0) is 11.2 Å². The molecule has 3 aromatic rings. The summed E-state index contributed by atoms with van der Waals surface area (Å²) < 4.78 is 0. The number of amides is 1. The van der Waals surface area contributed by atoms with E-state index in [1.54, 1.807) is 6.07 Å². The number of rotatable bonds is 6. The molecule has 0 bridgehead atoms. The zero-order chi connectivity index (χ0) is 22.8. The molecule has 2 heterocycles. The Bertz CT molecular complexity index is 1230. The van der Waals surface area contributed by atoms with Gasteiger partial charge in [-0.25, -0.2) is 0 Å². The second kappa shape index (κ2) is 8.88. The van der Waals surface area contributed by atoms with Gasteiger partial charge in [0.05, 0.1) is 16.2 Å². The first-order chi connectivity index (χ1) is 16.1. The van der Waals surface area contributed by atoms with Crippen LogP contribution in [0.4, 0.5) is 17.1 Å². The topological polar surface area (TPSA) is 96.3 Å². The van der Waals surface area contributed by atoms with Crippen LogP contribution in [0.1, 0.15) is 23.1 Å². The zero-order valence-corrected chi connectivity index (χ0v) is 18.0. The van der Waals surface area contributed by atoms with Crippen molar-refractivity contribution in [1.82, 2.24) is 5.32 Å². The summed E-state index contributed by atoms with van der Waals surface area (Å²) >= 11 is 0. The van der Waals surface area contributed by atoms with E-state index in [-0.39, 0.29) is 11.6 Å². The number of fused-ring (bicyclic) bond motifs is 1. The Morgan fingerprint density at radius 1 is 1.06 bits per heavy atom. The van der Waals surface area contributed by atoms with Crippen molar-refractivity contribution < 1.29 is 9.72 Å². The summed E-state index contributed by atoms with van der Waals surface area (Å²) in [6.07, 6.45) is 2.24. The fourth-order valence-corrected chi connectivity index (χ4v) is 4.49. The Balaban J connectivity index is 1.53. The molecule has 0 saturated carbocycles. The average molecular weight is 441 g/mol. The summed E-state index contributed by atoms with van der Waals surface area (Å²) in [6.45, 7) is 2.14. The molecule has 0 spiro atoms. The third kappa shape index (κ3) is 4.36. The molecule has 33 heavy (non-hydrogen) atoms. The largest absolute Gasteiger partial charge is 0.354 e. The van der Waals surface area contributed by atoms with E-state index in [2.05, 4.69) is 28.1 Å². The van der Waals surface area contributed by atoms with E-state index >= 15 is 0 Å². The number of carbonyl (C=O) groups excluding carboxylic acids is 1. The van der Waals surface area contributed by atoms with E-state index in [0.717, 1.165) is 30.8 Å². The maximum atomic E-state index is 13.0. The number of nitro benzene ring substituents is 1. The molecule has 2 aliphatic heterocycles. The predicted molar refractivity (Wildman–Crippen MR) is 130 cm³/mol. The predicted octanol–water partition coefficient (Wildman–Crippen LogP) is 4.68. The maximum absolute atomic E-state index is 13.0. The second-order valence-corrected chi connectivity index (χ2v) is 8.44. The number of nitrogens with zero attached hydrogens (tertiary/aromatic N) is 1. The lowest BCUT2D eigenvalue weighted by atomic mass is 9.98. The zero-order valence-electron chi connectivity index (χ0n) is 18.0. The minimum absolute atomic E-state index is 0.0547. The lowest BCUT2D eigenvalue weighted by Crippen LogP contribution is -2.11. The van der Waals surface area contributed by atoms with Gasteiger partial charge >= 0.3 is 0 Å². The van der Waals surface area contributed by atoms with Crippen LogP contribution < -0.4 is 16.0 Å². The molecule has 7 heteroatoms. The minimum Gasteiger partial charge on any atom is -0.354 e. The summed E-state index contributed by atoms with van der Waals surface area (Å²) in [6, 6.07) is 22.2. The molecule has 2 aliphatic rings. The van der Waals surface area contributed by atoms with Crippen molar-refractivity contribution in [2.24, 2.45) is 5.92 Å². The van der Waals surface area contributed by atoms with Crippen LogP contribution in [0.25, 0.3) is 11.3 Å². The third-order valence-corrected chi connectivity index (χ3v) is 6.18. The summed E-state index contributed by atoms with van der Waals surface area (Å²) in [4.78, 5) is 23.9. The SMILES string of the molecule is O=C1Nc2ccc([N+](=O)[O-])cc2C1=C(Nc1ccc(CC2CCNC2)cc1)c1ccccc1. The molecule has 3 N–H and O–H groups in total. The van der Waals surface area contributed by atoms with Gasteiger partial charge in [0.2, 0.25) is 0 Å². The van der Waals surface area contributed by atoms with Crippen LogP contribution in [0.15, 0.2) is 72.8 Å². The Hall–Kier alpha value is -3.97. The summed E-state index contributed by atoms with van der Waals surface area (Å²) in [5.74, 6) is 0.377. The number of benzene rings is 3. The van der Waals surface area contributed by atoms with Gasteiger partial charge in [-0.15, -0.1) is 0 Å². The first kappa shape index (κ1) is 20.9. The normalized spacial score (nSPS) is 18.5. The number of anilines is 2. The summed E-state index contributed by atoms with van der Waals surface area (Å²) in [7, 11) is 0. The van der Waals surface area contributed by atoms with Gasteiger partial charge in [0.25, 0.3) is 11.6 Å². The molecule has 7 nitrogen and oxygen atoms in total. The van der Waals surface area contributed by atoms with Gasteiger partial charge in [0.1, 0.15) is 0 Å². The van der Waals surface area contributed by atoms with Gasteiger partial charge in [-0.2, -0.15) is 0 Å². The van der Waals surface area contributed by atoms with Crippen LogP contribution in [0.5, 0.6) is 0 Å². The quantitative estimate of drug-likeness (QED) is 0.294. The lowest BCUT2D eigenvalue weighted by Gasteiger charge is -2.15. The van der Waals surface area contributed by atoms with Crippen molar-refractivity contribution in [2.45, 2.75) is 12.8 Å². The van der Waals surface area contributed by atoms with E-state index in [4.69, 9.17) is 0 Å². The highest BCUT2D eigenvalue weighted by atomic mass is 16.6. The minimum atomic E-state index is -0.449. The van der Waals surface area contributed by atoms with Crippen LogP contribution in [-0.4, -0.2) is 23.9 Å². The Labute approximate surface area is 191 Å². The molecule has 5 rings (SSSR count). The molecule has 0 aliphatic carbocycles. The molecule has 1 saturated heterocycles. The molecular formula is C26H24N4O3. The van der Waals surface area contributed by atoms with Crippen molar-refractivity contribution in [2.75, 3.05) is 23.7 Å². The highest BCUT2D eigenvalue weighted by molar-refractivity contribution is 6.37. The van der Waals surface area contributed by atoms with Gasteiger partial charge in [-0.05, 0) is 61.2 Å². The van der Waals surface area contributed by atoms with Gasteiger partial charge in [0, 0.05) is 29.1 Å². The molecule has 166 valence electrons. The van der Waals surface area contributed by atoms with Crippen molar-refractivity contribution in [1.29, 1.82) is 0 Å². The fraction of sp³-hybridized carbons (Fsp3) is 0.192. The average Bonchev–Trinajstić information content (AvgIpc) is 3.45. The van der Waals surface area contributed by atoms with Crippen LogP contribution in [0.2, 0.25) is 0 Å². The maximum Gasteiger partial charge on any atom is 0.270 e. The van der Waals surface area contributed by atoms with Crippen LogP contribution in [0, 0.1) is 16.0 Å². The monoisotopic (exact) mass is 440 g/mol. The first-order valence-electron chi connectivity index (χ1n) is 11.0. The number of non-ortho nitro benzene ring substituents is 1. The van der Waals surface area contributed by atoms with Crippen LogP contribution >= 0.6 is 0 Å². The lowest BCUT2D eigenvalue weighted by molar-refractivity contribution is -0.384. The third-order valence-electron chi connectivity index (χ3n) is 6.18. The van der Waals surface area contributed by atoms with Gasteiger partial charge in [-0.1, -0.05) is 42.5 Å². The molecule has 1 amide bonds. The molecule has 0 aromatic heterocycles. The van der Waals surface area contributed by atoms with E-state index in [1.807, 2.05) is 42.5 Å². The molecule has 1 fully saturated rings. The highest BCUT2D eigenvalue weighted by Gasteiger charge is 2.30.